The minimum atomic E-state index is -1.18. The van der Waals surface area contributed by atoms with Crippen molar-refractivity contribution >= 4 is 34.7 Å². The van der Waals surface area contributed by atoms with Gasteiger partial charge in [-0.05, 0) is 98.5 Å². The minimum absolute atomic E-state index is 0. The molecule has 0 unspecified atom stereocenters. The van der Waals surface area contributed by atoms with Crippen LogP contribution in [0.2, 0.25) is 0 Å². The van der Waals surface area contributed by atoms with E-state index in [-0.39, 0.29) is 28.2 Å². The van der Waals surface area contributed by atoms with Crippen LogP contribution in [0.1, 0.15) is 43.0 Å². The molecule has 2 N–H and O–H groups in total. The van der Waals surface area contributed by atoms with E-state index in [9.17, 15) is 19.8 Å². The Morgan fingerprint density at radius 2 is 0.816 bits per heavy atom. The van der Waals surface area contributed by atoms with Crippen LogP contribution in [0.15, 0.2) is 134 Å². The molecule has 2 heterocycles. The topological polar surface area (TPSA) is 130 Å². The van der Waals surface area contributed by atoms with E-state index in [0.29, 0.717) is 11.4 Å². The van der Waals surface area contributed by atoms with E-state index in [4.69, 9.17) is 0 Å². The number of carboxylic acid groups (broad SMARTS) is 2. The summed E-state index contributed by atoms with van der Waals surface area (Å²) >= 11 is 0. The molecule has 4 aromatic carbocycles. The van der Waals surface area contributed by atoms with Gasteiger partial charge in [0.15, 0.2) is 0 Å². The van der Waals surface area contributed by atoms with Gasteiger partial charge in [-0.25, -0.2) is 0 Å². The zero-order valence-corrected chi connectivity index (χ0v) is 28.5. The molecule has 0 fully saturated rings. The van der Waals surface area contributed by atoms with Crippen molar-refractivity contribution in [2.24, 2.45) is 0 Å². The van der Waals surface area contributed by atoms with Crippen LogP contribution in [0.3, 0.4) is 0 Å². The van der Waals surface area contributed by atoms with Crippen molar-refractivity contribution in [1.29, 1.82) is 0 Å². The molecule has 0 amide bonds. The fourth-order valence-electron chi connectivity index (χ4n) is 4.63. The summed E-state index contributed by atoms with van der Waals surface area (Å²) in [6.07, 6.45) is 3.54. The number of carbonyl (C=O) groups excluding carboxylic acids is 2. The maximum absolute atomic E-state index is 11.0. The monoisotopic (exact) mass is 699 g/mol. The third-order valence-electron chi connectivity index (χ3n) is 7.63. The Hall–Kier alpha value is -5.76. The van der Waals surface area contributed by atoms with E-state index in [2.05, 4.69) is 20.6 Å². The molecule has 0 spiro atoms. The quantitative estimate of drug-likeness (QED) is 0.171. The number of aromatic carboxylic acids is 2. The Kier molecular flexibility index (Phi) is 14.3. The van der Waals surface area contributed by atoms with E-state index in [1.54, 1.807) is 48.8 Å². The third kappa shape index (κ3) is 10.6. The van der Waals surface area contributed by atoms with Gasteiger partial charge in [-0.3, -0.25) is 9.97 Å². The molecule has 0 aliphatic heterocycles. The number of para-hydroxylation sites is 2. The van der Waals surface area contributed by atoms with Gasteiger partial charge in [-0.15, -0.1) is 0 Å². The first kappa shape index (κ1) is 37.7. The maximum atomic E-state index is 11.0. The smallest absolute Gasteiger partial charge is 0.545 e. The number of aromatic nitrogens is 2. The number of aryl methyl sites for hydroxylation is 2. The van der Waals surface area contributed by atoms with Crippen molar-refractivity contribution < 1.29 is 36.9 Å². The van der Waals surface area contributed by atoms with Crippen LogP contribution in [0, 0.1) is 27.7 Å². The number of carboxylic acids is 2. The molecule has 1 radical (unpaired) electrons. The summed E-state index contributed by atoms with van der Waals surface area (Å²) in [5.41, 5.74) is 9.59. The number of hydrogen-bond acceptors (Lipinski definition) is 8. The summed E-state index contributed by atoms with van der Waals surface area (Å²) in [6.45, 7) is 8.04. The summed E-state index contributed by atoms with van der Waals surface area (Å²) in [4.78, 5) is 30.4. The van der Waals surface area contributed by atoms with E-state index in [0.717, 1.165) is 45.0 Å². The van der Waals surface area contributed by atoms with Gasteiger partial charge < -0.3 is 30.4 Å². The number of hydrogen-bond donors (Lipinski definition) is 2. The summed E-state index contributed by atoms with van der Waals surface area (Å²) in [6, 6.07) is 36.8. The number of pyridine rings is 2. The number of anilines is 4. The van der Waals surface area contributed by atoms with Crippen molar-refractivity contribution in [1.82, 2.24) is 9.97 Å². The molecule has 2 aromatic heterocycles. The molecule has 6 rings (SSSR count). The number of rotatable bonds is 7. The number of carbonyl (C=O) groups is 2. The van der Waals surface area contributed by atoms with E-state index >= 15 is 0 Å². The van der Waals surface area contributed by atoms with Crippen LogP contribution in [-0.2, 0) is 17.1 Å². The first-order chi connectivity index (χ1) is 23.2. The van der Waals surface area contributed by atoms with Gasteiger partial charge >= 0.3 is 17.1 Å². The predicted molar refractivity (Wildman–Crippen MR) is 187 cm³/mol. The summed E-state index contributed by atoms with van der Waals surface area (Å²) in [5, 5.41) is 28.3. The fourth-order valence-corrected chi connectivity index (χ4v) is 4.63. The Balaban J connectivity index is 0.000000201. The van der Waals surface area contributed by atoms with Gasteiger partial charge in [0.2, 0.25) is 0 Å². The normalized spacial score (nSPS) is 9.80. The molecule has 0 aliphatic carbocycles. The van der Waals surface area contributed by atoms with Crippen LogP contribution >= 0.6 is 0 Å². The van der Waals surface area contributed by atoms with Crippen LogP contribution in [0.4, 0.5) is 22.7 Å². The van der Waals surface area contributed by atoms with Crippen LogP contribution < -0.4 is 20.8 Å². The molecule has 9 heteroatoms. The van der Waals surface area contributed by atoms with Crippen molar-refractivity contribution in [3.8, 4) is 11.4 Å². The Bertz CT molecular complexity index is 1840. The van der Waals surface area contributed by atoms with Gasteiger partial charge in [-0.2, -0.15) is 0 Å². The second kappa shape index (κ2) is 18.5. The molecule has 0 bridgehead atoms. The Morgan fingerprint density at radius 1 is 0.469 bits per heavy atom. The zero-order valence-electron chi connectivity index (χ0n) is 27.5. The Labute approximate surface area is 297 Å². The first-order valence-electron chi connectivity index (χ1n) is 15.3. The van der Waals surface area contributed by atoms with Crippen molar-refractivity contribution in [2.75, 3.05) is 10.6 Å². The van der Waals surface area contributed by atoms with Crippen LogP contribution in [0.5, 0.6) is 0 Å². The van der Waals surface area contributed by atoms with Gasteiger partial charge in [0.1, 0.15) is 0 Å². The van der Waals surface area contributed by atoms with Crippen LogP contribution in [-0.4, -0.2) is 21.9 Å². The van der Waals surface area contributed by atoms with Crippen molar-refractivity contribution in [3.63, 3.8) is 0 Å². The van der Waals surface area contributed by atoms with E-state index < -0.39 is 11.9 Å². The molecule has 251 valence electrons. The van der Waals surface area contributed by atoms with Gasteiger partial charge in [0, 0.05) is 46.3 Å². The number of nitrogens with one attached hydrogen (secondary N) is 2. The number of nitrogens with zero attached hydrogens (tertiary/aromatic N) is 2. The minimum Gasteiger partial charge on any atom is -0.545 e. The van der Waals surface area contributed by atoms with Gasteiger partial charge in [0.05, 0.1) is 23.3 Å². The second-order valence-electron chi connectivity index (χ2n) is 10.8. The maximum Gasteiger partial charge on any atom is 2.00 e. The molecular weight excluding hydrogens is 664 g/mol. The van der Waals surface area contributed by atoms with E-state index in [1.165, 1.54) is 12.1 Å². The fraction of sp³-hybridized carbons (Fsp3) is 0.100. The molecular formula is C40H36CuN4O4. The zero-order chi connectivity index (χ0) is 34.5. The van der Waals surface area contributed by atoms with Crippen molar-refractivity contribution in [2.45, 2.75) is 27.7 Å². The summed E-state index contributed by atoms with van der Waals surface area (Å²) in [5.74, 6) is -2.35. The second-order valence-corrected chi connectivity index (χ2v) is 10.8. The third-order valence-corrected chi connectivity index (χ3v) is 7.63. The largest absolute Gasteiger partial charge is 2.00 e. The SMILES string of the molecule is Cc1cccc(Nc2ccccc2C(=O)[O-])c1C.Cc1cccc(Nc2ccccc2C(=O)[O-])c1C.[Cu+2].c1ccc(-c2ccccn2)nc1. The average molecular weight is 700 g/mol. The summed E-state index contributed by atoms with van der Waals surface area (Å²) in [7, 11) is 0. The molecule has 0 saturated carbocycles. The average Bonchev–Trinajstić information content (AvgIpc) is 3.10. The van der Waals surface area contributed by atoms with Crippen molar-refractivity contribution in [3.05, 3.63) is 167 Å². The van der Waals surface area contributed by atoms with Gasteiger partial charge in [-0.1, -0.05) is 72.8 Å². The van der Waals surface area contributed by atoms with Crippen LogP contribution in [0.25, 0.3) is 11.4 Å². The molecule has 8 nitrogen and oxygen atoms in total. The number of benzene rings is 4. The predicted octanol–water partition coefficient (Wildman–Crippen LogP) is 6.96. The van der Waals surface area contributed by atoms with Gasteiger partial charge in [0.25, 0.3) is 0 Å². The molecule has 0 atom stereocenters. The first-order valence-corrected chi connectivity index (χ1v) is 15.3. The summed E-state index contributed by atoms with van der Waals surface area (Å²) < 4.78 is 0. The Morgan fingerprint density at radius 3 is 1.16 bits per heavy atom. The molecule has 0 saturated heterocycles. The molecule has 0 aliphatic rings. The standard InChI is InChI=1S/2C15H15NO2.C10H8N2.Cu/c2*1-10-6-5-9-13(11(10)2)16-14-8-4-3-7-12(14)15(17)18;1-3-7-11-9(5-1)10-6-2-4-8-12-10;/h2*3-9,16H,1-2H3,(H,17,18);1-8H;/q;;;+2/p-2. The molecule has 49 heavy (non-hydrogen) atoms. The van der Waals surface area contributed by atoms with E-state index in [1.807, 2.05) is 100 Å². The molecule has 6 aromatic rings.